The number of rotatable bonds is 0. The molecule has 0 unspecified atom stereocenters. The van der Waals surface area contributed by atoms with Crippen LogP contribution in [0.4, 0.5) is 0 Å². The summed E-state index contributed by atoms with van der Waals surface area (Å²) in [5, 5.41) is 29.1. The first-order chi connectivity index (χ1) is 6.55. The second-order valence-electron chi connectivity index (χ2n) is 4.36. The van der Waals surface area contributed by atoms with E-state index < -0.39 is 18.3 Å². The Morgan fingerprint density at radius 2 is 2.07 bits per heavy atom. The van der Waals surface area contributed by atoms with Gasteiger partial charge in [-0.2, -0.15) is 11.8 Å². The molecule has 2 saturated heterocycles. The molecule has 0 aromatic carbocycles. The molecule has 3 N–H and O–H groups in total. The van der Waals surface area contributed by atoms with Crippen molar-refractivity contribution in [2.75, 3.05) is 24.6 Å². The van der Waals surface area contributed by atoms with E-state index in [1.54, 1.807) is 11.8 Å². The zero-order valence-electron chi connectivity index (χ0n) is 8.26. The molecule has 4 atom stereocenters. The van der Waals surface area contributed by atoms with Crippen LogP contribution < -0.4 is 0 Å². The summed E-state index contributed by atoms with van der Waals surface area (Å²) in [5.41, 5.74) is -0.373. The lowest BCUT2D eigenvalue weighted by atomic mass is 9.83. The molecule has 0 aliphatic carbocycles. The van der Waals surface area contributed by atoms with Gasteiger partial charge in [-0.1, -0.05) is 0 Å². The summed E-state index contributed by atoms with van der Waals surface area (Å²) in [6.07, 6.45) is -2.67. The molecule has 0 radical (unpaired) electrons. The van der Waals surface area contributed by atoms with E-state index in [2.05, 4.69) is 4.90 Å². The number of piperidine rings is 1. The maximum Gasteiger partial charge on any atom is 0.109 e. The van der Waals surface area contributed by atoms with E-state index >= 15 is 0 Å². The molecule has 2 aliphatic heterocycles. The minimum absolute atomic E-state index is 0.373. The lowest BCUT2D eigenvalue weighted by Gasteiger charge is -2.53. The van der Waals surface area contributed by atoms with Crippen LogP contribution in [0.25, 0.3) is 0 Å². The monoisotopic (exact) mass is 219 g/mol. The minimum atomic E-state index is -1.00. The summed E-state index contributed by atoms with van der Waals surface area (Å²) in [5.74, 6) is 1.85. The van der Waals surface area contributed by atoms with Gasteiger partial charge in [0, 0.05) is 24.6 Å². The summed E-state index contributed by atoms with van der Waals surface area (Å²) in [6.45, 7) is 3.30. The SMILES string of the molecule is C[C@@]12CSCCN1C[C@H](O)[C@@H](O)[C@@H]2O. The first-order valence-electron chi connectivity index (χ1n) is 4.93. The van der Waals surface area contributed by atoms with E-state index in [1.807, 2.05) is 6.92 Å². The van der Waals surface area contributed by atoms with Gasteiger partial charge in [0.1, 0.15) is 12.2 Å². The van der Waals surface area contributed by atoms with Crippen molar-refractivity contribution in [1.82, 2.24) is 4.90 Å². The fourth-order valence-corrected chi connectivity index (χ4v) is 3.55. The molecule has 0 aromatic heterocycles. The van der Waals surface area contributed by atoms with Gasteiger partial charge in [0.15, 0.2) is 0 Å². The molecule has 2 fully saturated rings. The maximum atomic E-state index is 9.94. The van der Waals surface area contributed by atoms with Gasteiger partial charge in [0.05, 0.1) is 11.6 Å². The van der Waals surface area contributed by atoms with Crippen molar-refractivity contribution < 1.29 is 15.3 Å². The van der Waals surface area contributed by atoms with Crippen LogP contribution in [0, 0.1) is 0 Å². The molecule has 0 amide bonds. The van der Waals surface area contributed by atoms with E-state index in [-0.39, 0.29) is 5.54 Å². The Kier molecular flexibility index (Phi) is 2.79. The van der Waals surface area contributed by atoms with Gasteiger partial charge in [0.2, 0.25) is 0 Å². The number of aliphatic hydroxyl groups is 3. The van der Waals surface area contributed by atoms with Gasteiger partial charge in [-0.05, 0) is 6.92 Å². The Labute approximate surface area is 87.9 Å². The van der Waals surface area contributed by atoms with Crippen LogP contribution in [-0.2, 0) is 0 Å². The minimum Gasteiger partial charge on any atom is -0.389 e. The number of hydrogen-bond donors (Lipinski definition) is 3. The summed E-state index contributed by atoms with van der Waals surface area (Å²) in [6, 6.07) is 0. The van der Waals surface area contributed by atoms with Crippen molar-refractivity contribution >= 4 is 11.8 Å². The average Bonchev–Trinajstić information content (AvgIpc) is 2.17. The molecule has 14 heavy (non-hydrogen) atoms. The second-order valence-corrected chi connectivity index (χ2v) is 5.46. The van der Waals surface area contributed by atoms with Crippen molar-refractivity contribution in [3.8, 4) is 0 Å². The molecular formula is C9H17NO3S. The highest BCUT2D eigenvalue weighted by atomic mass is 32.2. The molecule has 2 aliphatic rings. The summed E-state index contributed by atoms with van der Waals surface area (Å²) < 4.78 is 0. The van der Waals surface area contributed by atoms with Crippen LogP contribution in [-0.4, -0.2) is 68.7 Å². The molecule has 0 aromatic rings. The highest BCUT2D eigenvalue weighted by molar-refractivity contribution is 7.99. The van der Waals surface area contributed by atoms with E-state index in [1.165, 1.54) is 0 Å². The lowest BCUT2D eigenvalue weighted by molar-refractivity contribution is -0.163. The topological polar surface area (TPSA) is 63.9 Å². The first-order valence-corrected chi connectivity index (χ1v) is 6.08. The average molecular weight is 219 g/mol. The maximum absolute atomic E-state index is 9.94. The number of fused-ring (bicyclic) bond motifs is 1. The third-order valence-electron chi connectivity index (χ3n) is 3.38. The zero-order chi connectivity index (χ0) is 10.3. The Morgan fingerprint density at radius 3 is 2.79 bits per heavy atom. The molecular weight excluding hydrogens is 202 g/mol. The van der Waals surface area contributed by atoms with Crippen molar-refractivity contribution in [2.45, 2.75) is 30.8 Å². The predicted octanol–water partition coefficient (Wildman–Crippen LogP) is -1.11. The summed E-state index contributed by atoms with van der Waals surface area (Å²) >= 11 is 1.79. The van der Waals surface area contributed by atoms with Crippen LogP contribution in [0.1, 0.15) is 6.92 Å². The largest absolute Gasteiger partial charge is 0.389 e. The predicted molar refractivity (Wildman–Crippen MR) is 55.3 cm³/mol. The zero-order valence-corrected chi connectivity index (χ0v) is 9.07. The third-order valence-corrected chi connectivity index (χ3v) is 4.64. The molecule has 5 heteroatoms. The first kappa shape index (κ1) is 10.7. The second kappa shape index (κ2) is 3.64. The number of nitrogens with zero attached hydrogens (tertiary/aromatic N) is 1. The van der Waals surface area contributed by atoms with Gasteiger partial charge >= 0.3 is 0 Å². The third kappa shape index (κ3) is 1.47. The molecule has 4 nitrogen and oxygen atoms in total. The highest BCUT2D eigenvalue weighted by Crippen LogP contribution is 2.35. The van der Waals surface area contributed by atoms with Gasteiger partial charge in [-0.3, -0.25) is 4.90 Å². The Bertz CT molecular complexity index is 224. The van der Waals surface area contributed by atoms with Crippen molar-refractivity contribution in [3.05, 3.63) is 0 Å². The number of thioether (sulfide) groups is 1. The van der Waals surface area contributed by atoms with Crippen LogP contribution >= 0.6 is 11.8 Å². The Balaban J connectivity index is 2.21. The van der Waals surface area contributed by atoms with E-state index in [4.69, 9.17) is 0 Å². The molecule has 0 spiro atoms. The molecule has 82 valence electrons. The van der Waals surface area contributed by atoms with Crippen LogP contribution in [0.15, 0.2) is 0 Å². The molecule has 2 rings (SSSR count). The smallest absolute Gasteiger partial charge is 0.109 e. The van der Waals surface area contributed by atoms with E-state index in [0.29, 0.717) is 6.54 Å². The number of aliphatic hydroxyl groups excluding tert-OH is 3. The number of β-amino-alcohol motifs (C(OH)–C–C–N with tert-alkyl or cyclic N) is 1. The van der Waals surface area contributed by atoms with Gasteiger partial charge in [0.25, 0.3) is 0 Å². The normalized spacial score (nSPS) is 50.1. The van der Waals surface area contributed by atoms with Crippen LogP contribution in [0.5, 0.6) is 0 Å². The Hall–Kier alpha value is 0.190. The fourth-order valence-electron chi connectivity index (χ4n) is 2.28. The van der Waals surface area contributed by atoms with Crippen LogP contribution in [0.2, 0.25) is 0 Å². The van der Waals surface area contributed by atoms with E-state index in [0.717, 1.165) is 18.1 Å². The van der Waals surface area contributed by atoms with Crippen molar-refractivity contribution in [3.63, 3.8) is 0 Å². The van der Waals surface area contributed by atoms with Crippen molar-refractivity contribution in [1.29, 1.82) is 0 Å². The molecule has 0 bridgehead atoms. The Morgan fingerprint density at radius 1 is 1.36 bits per heavy atom. The molecule has 2 heterocycles. The van der Waals surface area contributed by atoms with E-state index in [9.17, 15) is 15.3 Å². The quantitative estimate of drug-likeness (QED) is 0.482. The summed E-state index contributed by atoms with van der Waals surface area (Å²) in [4.78, 5) is 2.09. The number of hydrogen-bond acceptors (Lipinski definition) is 5. The standard InChI is InChI=1S/C9H17NO3S/c1-9-5-14-3-2-10(9)4-6(11)7(12)8(9)13/h6-8,11-13H,2-5H2,1H3/t6-,7+,8-,9-/m0/s1. The van der Waals surface area contributed by atoms with Gasteiger partial charge in [-0.25, -0.2) is 0 Å². The lowest BCUT2D eigenvalue weighted by Crippen LogP contribution is -2.70. The highest BCUT2D eigenvalue weighted by Gasteiger charge is 2.50. The van der Waals surface area contributed by atoms with Crippen LogP contribution in [0.3, 0.4) is 0 Å². The van der Waals surface area contributed by atoms with Gasteiger partial charge in [-0.15, -0.1) is 0 Å². The van der Waals surface area contributed by atoms with Crippen molar-refractivity contribution in [2.24, 2.45) is 0 Å². The van der Waals surface area contributed by atoms with Gasteiger partial charge < -0.3 is 15.3 Å². The fraction of sp³-hybridized carbons (Fsp3) is 1.00. The summed E-state index contributed by atoms with van der Waals surface area (Å²) in [7, 11) is 0. The molecule has 0 saturated carbocycles.